The van der Waals surface area contributed by atoms with Crippen LogP contribution in [0.3, 0.4) is 0 Å². The minimum atomic E-state index is 0.281. The number of benzene rings is 1. The predicted octanol–water partition coefficient (Wildman–Crippen LogP) is 2.41. The Labute approximate surface area is 108 Å². The normalized spacial score (nSPS) is 21.4. The van der Waals surface area contributed by atoms with E-state index in [1.54, 1.807) is 0 Å². The van der Waals surface area contributed by atoms with E-state index < -0.39 is 0 Å². The molecule has 2 unspecified atom stereocenters. The average Bonchev–Trinajstić information content (AvgIpc) is 2.87. The van der Waals surface area contributed by atoms with E-state index in [-0.39, 0.29) is 6.04 Å². The van der Waals surface area contributed by atoms with Gasteiger partial charge in [0, 0.05) is 36.4 Å². The highest BCUT2D eigenvalue weighted by Crippen LogP contribution is 2.30. The van der Waals surface area contributed by atoms with E-state index in [0.717, 1.165) is 18.6 Å². The number of anilines is 1. The third-order valence-electron chi connectivity index (χ3n) is 3.93. The van der Waals surface area contributed by atoms with Crippen LogP contribution >= 0.6 is 0 Å². The molecule has 0 saturated carbocycles. The molecular weight excluding hydrogens is 222 g/mol. The summed E-state index contributed by atoms with van der Waals surface area (Å²) in [5.41, 5.74) is 8.38. The Kier molecular flexibility index (Phi) is 2.92. The molecule has 1 fully saturated rings. The summed E-state index contributed by atoms with van der Waals surface area (Å²) in [6.07, 6.45) is 3.09. The van der Waals surface area contributed by atoms with Crippen molar-refractivity contribution in [2.24, 2.45) is 11.7 Å². The second kappa shape index (κ2) is 4.58. The Morgan fingerprint density at radius 3 is 2.94 bits per heavy atom. The number of nitrogens with zero attached hydrogens (tertiary/aromatic N) is 2. The molecule has 1 aromatic heterocycles. The maximum Gasteiger partial charge on any atom is 0.0722 e. The Balaban J connectivity index is 1.96. The van der Waals surface area contributed by atoms with Gasteiger partial charge in [0.15, 0.2) is 0 Å². The van der Waals surface area contributed by atoms with Crippen molar-refractivity contribution in [1.29, 1.82) is 0 Å². The molecular formula is C15H19N3. The third kappa shape index (κ3) is 1.95. The molecule has 1 aliphatic rings. The highest BCUT2D eigenvalue weighted by molar-refractivity contribution is 5.91. The highest BCUT2D eigenvalue weighted by Gasteiger charge is 2.26. The van der Waals surface area contributed by atoms with Crippen LogP contribution in [0.15, 0.2) is 36.5 Å². The summed E-state index contributed by atoms with van der Waals surface area (Å²) in [4.78, 5) is 6.86. The van der Waals surface area contributed by atoms with Gasteiger partial charge in [-0.3, -0.25) is 4.98 Å². The lowest BCUT2D eigenvalue weighted by Gasteiger charge is -2.21. The fourth-order valence-corrected chi connectivity index (χ4v) is 2.79. The van der Waals surface area contributed by atoms with Crippen LogP contribution in [0.1, 0.15) is 13.3 Å². The zero-order valence-electron chi connectivity index (χ0n) is 10.7. The number of hydrogen-bond donors (Lipinski definition) is 1. The van der Waals surface area contributed by atoms with Gasteiger partial charge in [-0.1, -0.05) is 18.2 Å². The van der Waals surface area contributed by atoms with Crippen molar-refractivity contribution in [2.45, 2.75) is 19.4 Å². The SMILES string of the molecule is CC(N)C1CCN(c2ccnc3ccccc23)C1. The summed E-state index contributed by atoms with van der Waals surface area (Å²) in [6.45, 7) is 4.27. The molecule has 0 amide bonds. The first-order valence-electron chi connectivity index (χ1n) is 6.60. The number of hydrogen-bond acceptors (Lipinski definition) is 3. The van der Waals surface area contributed by atoms with Gasteiger partial charge in [0.25, 0.3) is 0 Å². The van der Waals surface area contributed by atoms with Crippen LogP contribution in [0.25, 0.3) is 10.9 Å². The standard InChI is InChI=1S/C15H19N3/c1-11(16)12-7-9-18(10-12)15-6-8-17-14-5-3-2-4-13(14)15/h2-6,8,11-12H,7,9-10,16H2,1H3. The predicted molar refractivity (Wildman–Crippen MR) is 75.7 cm³/mol. The van der Waals surface area contributed by atoms with Gasteiger partial charge in [0.2, 0.25) is 0 Å². The minimum Gasteiger partial charge on any atom is -0.371 e. The number of para-hydroxylation sites is 1. The van der Waals surface area contributed by atoms with Crippen molar-refractivity contribution in [3.63, 3.8) is 0 Å². The van der Waals surface area contributed by atoms with Crippen LogP contribution in [0.4, 0.5) is 5.69 Å². The van der Waals surface area contributed by atoms with Crippen LogP contribution in [0, 0.1) is 5.92 Å². The number of pyridine rings is 1. The molecule has 3 nitrogen and oxygen atoms in total. The van der Waals surface area contributed by atoms with Crippen molar-refractivity contribution < 1.29 is 0 Å². The van der Waals surface area contributed by atoms with Crippen LogP contribution in [0.5, 0.6) is 0 Å². The second-order valence-corrected chi connectivity index (χ2v) is 5.20. The summed E-state index contributed by atoms with van der Waals surface area (Å²) in [7, 11) is 0. The maximum atomic E-state index is 6.01. The van der Waals surface area contributed by atoms with Crippen molar-refractivity contribution in [1.82, 2.24) is 4.98 Å². The van der Waals surface area contributed by atoms with Gasteiger partial charge in [-0.05, 0) is 31.4 Å². The molecule has 1 saturated heterocycles. The Morgan fingerprint density at radius 1 is 1.33 bits per heavy atom. The van der Waals surface area contributed by atoms with Crippen LogP contribution < -0.4 is 10.6 Å². The van der Waals surface area contributed by atoms with Gasteiger partial charge in [0.1, 0.15) is 0 Å². The van der Waals surface area contributed by atoms with Crippen molar-refractivity contribution in [3.05, 3.63) is 36.5 Å². The molecule has 2 aromatic rings. The lowest BCUT2D eigenvalue weighted by atomic mass is 10.0. The molecule has 2 atom stereocenters. The molecule has 3 heteroatoms. The van der Waals surface area contributed by atoms with E-state index in [0.29, 0.717) is 5.92 Å². The summed E-state index contributed by atoms with van der Waals surface area (Å²) >= 11 is 0. The van der Waals surface area contributed by atoms with Crippen LogP contribution in [0.2, 0.25) is 0 Å². The fourth-order valence-electron chi connectivity index (χ4n) is 2.79. The monoisotopic (exact) mass is 241 g/mol. The molecule has 0 radical (unpaired) electrons. The Hall–Kier alpha value is -1.61. The minimum absolute atomic E-state index is 0.281. The quantitative estimate of drug-likeness (QED) is 0.878. The fraction of sp³-hybridized carbons (Fsp3) is 0.400. The Bertz CT molecular complexity index is 545. The number of fused-ring (bicyclic) bond motifs is 1. The zero-order valence-corrected chi connectivity index (χ0v) is 10.7. The molecule has 0 aliphatic carbocycles. The van der Waals surface area contributed by atoms with E-state index in [9.17, 15) is 0 Å². The molecule has 1 aromatic carbocycles. The smallest absolute Gasteiger partial charge is 0.0722 e. The zero-order chi connectivity index (χ0) is 12.5. The van der Waals surface area contributed by atoms with Gasteiger partial charge in [-0.2, -0.15) is 0 Å². The van der Waals surface area contributed by atoms with Crippen molar-refractivity contribution in [2.75, 3.05) is 18.0 Å². The molecule has 0 bridgehead atoms. The lowest BCUT2D eigenvalue weighted by molar-refractivity contribution is 0.488. The Morgan fingerprint density at radius 2 is 2.17 bits per heavy atom. The van der Waals surface area contributed by atoms with E-state index in [1.165, 1.54) is 17.5 Å². The van der Waals surface area contributed by atoms with Gasteiger partial charge in [0.05, 0.1) is 5.52 Å². The first-order valence-corrected chi connectivity index (χ1v) is 6.60. The van der Waals surface area contributed by atoms with Gasteiger partial charge >= 0.3 is 0 Å². The highest BCUT2D eigenvalue weighted by atomic mass is 15.2. The molecule has 3 rings (SSSR count). The van der Waals surface area contributed by atoms with Crippen molar-refractivity contribution in [3.8, 4) is 0 Å². The van der Waals surface area contributed by atoms with E-state index in [4.69, 9.17) is 5.73 Å². The van der Waals surface area contributed by atoms with Crippen LogP contribution in [-0.2, 0) is 0 Å². The maximum absolute atomic E-state index is 6.01. The summed E-state index contributed by atoms with van der Waals surface area (Å²) in [5, 5.41) is 1.24. The van der Waals surface area contributed by atoms with Gasteiger partial charge < -0.3 is 10.6 Å². The average molecular weight is 241 g/mol. The number of nitrogens with two attached hydrogens (primary N) is 1. The number of rotatable bonds is 2. The molecule has 94 valence electrons. The van der Waals surface area contributed by atoms with E-state index in [2.05, 4.69) is 41.1 Å². The van der Waals surface area contributed by atoms with Crippen LogP contribution in [-0.4, -0.2) is 24.1 Å². The van der Waals surface area contributed by atoms with Gasteiger partial charge in [-0.25, -0.2) is 0 Å². The largest absolute Gasteiger partial charge is 0.371 e. The number of aromatic nitrogens is 1. The van der Waals surface area contributed by atoms with Crippen molar-refractivity contribution >= 4 is 16.6 Å². The molecule has 1 aliphatic heterocycles. The summed E-state index contributed by atoms with van der Waals surface area (Å²) < 4.78 is 0. The molecule has 18 heavy (non-hydrogen) atoms. The lowest BCUT2D eigenvalue weighted by Crippen LogP contribution is -2.29. The van der Waals surface area contributed by atoms with E-state index in [1.807, 2.05) is 12.3 Å². The molecule has 2 heterocycles. The summed E-state index contributed by atoms with van der Waals surface area (Å²) in [5.74, 6) is 0.608. The first-order chi connectivity index (χ1) is 8.75. The second-order valence-electron chi connectivity index (χ2n) is 5.20. The van der Waals surface area contributed by atoms with E-state index >= 15 is 0 Å². The third-order valence-corrected chi connectivity index (χ3v) is 3.93. The summed E-state index contributed by atoms with van der Waals surface area (Å²) in [6, 6.07) is 10.7. The molecule has 0 spiro atoms. The first kappa shape index (κ1) is 11.5. The van der Waals surface area contributed by atoms with Gasteiger partial charge in [-0.15, -0.1) is 0 Å². The topological polar surface area (TPSA) is 42.1 Å². The molecule has 2 N–H and O–H groups in total.